The number of rotatable bonds is 25. The smallest absolute Gasteiger partial charge is 0.490 e. The van der Waals surface area contributed by atoms with E-state index in [1.165, 1.54) is 54.7 Å². The quantitative estimate of drug-likeness (QED) is 0.0190. The predicted octanol–water partition coefficient (Wildman–Crippen LogP) is 15.6. The predicted molar refractivity (Wildman–Crippen MR) is 452 cm³/mol. The maximum Gasteiger partial charge on any atom is 0.490 e. The molecule has 2 aliphatic rings. The van der Waals surface area contributed by atoms with E-state index in [1.54, 1.807) is 90.1 Å². The number of anilines is 1. The van der Waals surface area contributed by atoms with Crippen molar-refractivity contribution < 1.29 is 89.9 Å². The van der Waals surface area contributed by atoms with E-state index in [4.69, 9.17) is 43.6 Å². The van der Waals surface area contributed by atoms with Crippen LogP contribution in [0.15, 0.2) is 161 Å². The van der Waals surface area contributed by atoms with E-state index < -0.39 is 137 Å². The molecule has 2 aliphatic heterocycles. The topological polar surface area (TPSA) is 303 Å². The molecule has 0 unspecified atom stereocenters. The Morgan fingerprint density at radius 1 is 0.583 bits per heavy atom. The fourth-order valence-corrected chi connectivity index (χ4v) is 15.2. The number of aliphatic carboxylic acids is 1. The zero-order valence-electron chi connectivity index (χ0n) is 69.0. The summed E-state index contributed by atoms with van der Waals surface area (Å²) in [7, 11) is -2.69. The Bertz CT molecular complexity index is 4280. The lowest BCUT2D eigenvalue weighted by atomic mass is 9.82. The van der Waals surface area contributed by atoms with E-state index in [1.807, 2.05) is 67.5 Å². The van der Waals surface area contributed by atoms with Gasteiger partial charge in [-0.2, -0.15) is 0 Å². The second-order valence-electron chi connectivity index (χ2n) is 34.1. The molecule has 7 aromatic rings. The number of alkyl carbamates (subject to hydrolysis) is 2. The number of carbonyl (C=O) groups is 4. The molecule has 10 atom stereocenters. The van der Waals surface area contributed by atoms with Gasteiger partial charge >= 0.3 is 25.3 Å². The van der Waals surface area contributed by atoms with Gasteiger partial charge in [0.15, 0.2) is 16.6 Å². The van der Waals surface area contributed by atoms with Crippen LogP contribution in [0.4, 0.5) is 33.0 Å². The fraction of sp³-hybridized carbons (Fsp3) is 0.471. The van der Waals surface area contributed by atoms with Crippen molar-refractivity contribution in [3.8, 4) is 11.5 Å². The SMILES string of the molecule is CC(C)(C)OC(=O)N[C@@H](Cc1ccc(Br)cc1)[C@H](C[C@@H](Cc1ccccc1F)C(=O)N[C@H]1c2cc(F)ccc2OC[C@H]1O)O[Si](C)(C)C(C)(C)C.CC(C)(C)OC(=O)N[C@@H](Cc1ccc(Br)cc1)[C@H](C[C@@H](Cc1ccccc1F)C(=O)O)O[Si](C)(C)C(C)(C)C.CN(C)c1ccc(B(O)O)cn1.N[C@H]1c2cc(F)ccc2OC[C@H]1O. The lowest BCUT2D eigenvalue weighted by Crippen LogP contribution is -2.54. The molecule has 0 fully saturated rings. The van der Waals surface area contributed by atoms with Gasteiger partial charge in [-0.15, -0.1) is 0 Å². The molecule has 0 spiro atoms. The minimum Gasteiger partial charge on any atom is -0.490 e. The molecule has 115 heavy (non-hydrogen) atoms. The first-order chi connectivity index (χ1) is 53.4. The number of carbonyl (C=O) groups excluding carboxylic acids is 3. The molecule has 3 amide bonds. The number of pyridine rings is 1. The van der Waals surface area contributed by atoms with Gasteiger partial charge in [0, 0.05) is 51.7 Å². The zero-order chi connectivity index (χ0) is 85.9. The molecule has 21 nitrogen and oxygen atoms in total. The number of carboxylic acids is 1. The van der Waals surface area contributed by atoms with Crippen LogP contribution < -0.4 is 41.5 Å². The van der Waals surface area contributed by atoms with Crippen molar-refractivity contribution in [1.29, 1.82) is 0 Å². The zero-order valence-corrected chi connectivity index (χ0v) is 74.2. The summed E-state index contributed by atoms with van der Waals surface area (Å²) in [4.78, 5) is 59.1. The summed E-state index contributed by atoms with van der Waals surface area (Å²) in [5, 5.41) is 56.6. The summed E-state index contributed by atoms with van der Waals surface area (Å²) in [5.41, 5.74) is 7.94. The number of fused-ring (bicyclic) bond motifs is 2. The van der Waals surface area contributed by atoms with Crippen molar-refractivity contribution in [1.82, 2.24) is 20.9 Å². The van der Waals surface area contributed by atoms with Crippen LogP contribution in [0.25, 0.3) is 0 Å². The van der Waals surface area contributed by atoms with Gasteiger partial charge in [0.05, 0.1) is 42.3 Å². The number of carboxylic acid groups (broad SMARTS) is 1. The number of aliphatic hydroxyl groups excluding tert-OH is 2. The highest BCUT2D eigenvalue weighted by atomic mass is 79.9. The van der Waals surface area contributed by atoms with Crippen LogP contribution in [0.5, 0.6) is 11.5 Å². The molecule has 1 aromatic heterocycles. The number of nitrogens with two attached hydrogens (primary N) is 1. The third-order valence-electron chi connectivity index (χ3n) is 20.2. The number of nitrogens with zero attached hydrogens (tertiary/aromatic N) is 2. The van der Waals surface area contributed by atoms with E-state index in [2.05, 4.69) is 121 Å². The van der Waals surface area contributed by atoms with E-state index in [0.29, 0.717) is 52.1 Å². The van der Waals surface area contributed by atoms with Gasteiger partial charge in [-0.3, -0.25) is 9.59 Å². The van der Waals surface area contributed by atoms with E-state index >= 15 is 4.39 Å². The van der Waals surface area contributed by atoms with Gasteiger partial charge in [0.1, 0.15) is 77.2 Å². The second kappa shape index (κ2) is 42.1. The lowest BCUT2D eigenvalue weighted by molar-refractivity contribution is -0.143. The molecular formula is C85H115BBr2F4N6O15Si2. The standard InChI is InChI=1S/C39H51BrF2N2O6Si.C30H43BrFNO5Si.C9H10FNO2.C7H11BN2O2/c1-38(2,3)49-37(47)43-31(19-24-13-15-27(40)16-14-24)34(50-51(7,8)39(4,5)6)21-26(20-25-11-9-10-12-30(25)42)36(46)44-35-29-22-28(41)17-18-33(29)48-23-32(35)45;1-29(2,3)37-28(36)33-25(17-20-13-15-23(31)16-14-20)26(38-39(7,8)30(4,5)6)19-22(27(34)35)18-21-11-9-10-12-24(21)32;10-5-1-2-8-6(3-5)9(11)7(12)4-13-8;1-10(2)7-4-3-6(5-9-7)8(11)12/h9-18,22,26,31-32,34-35,45H,19-21,23H2,1-8H3,(H,43,47)(H,44,46);9-16,22,25-26H,17-19H2,1-8H3,(H,33,36)(H,34,35);1-3,7,9,12H,4,11H2;3-5,11-12H,1-2H3/t26-,31+,32-,34+,35+;22-,25+,26+;7-,9+;/m111./s1. The summed E-state index contributed by atoms with van der Waals surface area (Å²) in [6, 6.07) is 36.6. The van der Waals surface area contributed by atoms with E-state index in [-0.39, 0.29) is 54.8 Å². The Labute approximate surface area is 693 Å². The van der Waals surface area contributed by atoms with Crippen molar-refractivity contribution in [2.45, 2.75) is 218 Å². The van der Waals surface area contributed by atoms with Crippen LogP contribution in [-0.2, 0) is 53.6 Å². The van der Waals surface area contributed by atoms with Crippen molar-refractivity contribution in [2.24, 2.45) is 17.6 Å². The van der Waals surface area contributed by atoms with Gasteiger partial charge in [-0.1, -0.05) is 140 Å². The Morgan fingerprint density at radius 2 is 0.991 bits per heavy atom. The lowest BCUT2D eigenvalue weighted by Gasteiger charge is -2.42. The van der Waals surface area contributed by atoms with Gasteiger partial charge < -0.3 is 79.8 Å². The number of amides is 3. The van der Waals surface area contributed by atoms with Gasteiger partial charge in [-0.05, 0) is 217 Å². The normalized spacial score (nSPS) is 17.1. The number of halogens is 6. The number of hydrogen-bond acceptors (Lipinski definition) is 17. The summed E-state index contributed by atoms with van der Waals surface area (Å²) in [5.74, 6) is -3.46. The van der Waals surface area contributed by atoms with E-state index in [9.17, 15) is 47.7 Å². The highest BCUT2D eigenvalue weighted by Crippen LogP contribution is 2.42. The maximum atomic E-state index is 15.2. The first-order valence-corrected chi connectivity index (χ1v) is 45.6. The molecule has 9 rings (SSSR count). The average Bonchev–Trinajstić information content (AvgIpc) is 0.795. The maximum absolute atomic E-state index is 15.2. The van der Waals surface area contributed by atoms with Gasteiger partial charge in [0.2, 0.25) is 5.91 Å². The average molecular weight is 1760 g/mol. The number of ether oxygens (including phenoxy) is 4. The highest BCUT2D eigenvalue weighted by Gasteiger charge is 2.46. The molecule has 628 valence electrons. The minimum absolute atomic E-state index is 0.00261. The van der Waals surface area contributed by atoms with Crippen LogP contribution >= 0.6 is 31.9 Å². The van der Waals surface area contributed by atoms with Crippen molar-refractivity contribution >= 4 is 91.0 Å². The second-order valence-corrected chi connectivity index (χ2v) is 45.5. The summed E-state index contributed by atoms with van der Waals surface area (Å²) in [6.07, 6.45) is -2.15. The number of hydrogen-bond donors (Lipinski definition) is 9. The molecule has 30 heteroatoms. The van der Waals surface area contributed by atoms with E-state index in [0.717, 1.165) is 25.9 Å². The minimum atomic E-state index is -2.57. The van der Waals surface area contributed by atoms with Crippen molar-refractivity contribution in [2.75, 3.05) is 32.2 Å². The summed E-state index contributed by atoms with van der Waals surface area (Å²) < 4.78 is 94.7. The molecule has 3 heterocycles. The van der Waals surface area contributed by atoms with Crippen LogP contribution in [0.2, 0.25) is 36.3 Å². The number of nitrogens with one attached hydrogen (secondary N) is 3. The molecule has 0 aliphatic carbocycles. The monoisotopic (exact) mass is 1760 g/mol. The molecular weight excluding hydrogens is 1650 g/mol. The third-order valence-corrected chi connectivity index (χ3v) is 30.3. The van der Waals surface area contributed by atoms with Gasteiger partial charge in [-0.25, -0.2) is 32.1 Å². The van der Waals surface area contributed by atoms with Crippen molar-refractivity contribution in [3.05, 3.63) is 217 Å². The molecule has 0 saturated heterocycles. The van der Waals surface area contributed by atoms with Crippen LogP contribution in [0, 0.1) is 35.1 Å². The van der Waals surface area contributed by atoms with Crippen LogP contribution in [0.1, 0.15) is 141 Å². The summed E-state index contributed by atoms with van der Waals surface area (Å²) >= 11 is 6.95. The van der Waals surface area contributed by atoms with Crippen LogP contribution in [-0.4, -0.2) is 153 Å². The molecule has 0 bridgehead atoms. The Hall–Kier alpha value is -7.75. The Morgan fingerprint density at radius 3 is 1.38 bits per heavy atom. The Kier molecular flexibility index (Phi) is 35.2. The van der Waals surface area contributed by atoms with Crippen LogP contribution in [0.3, 0.4) is 0 Å². The highest BCUT2D eigenvalue weighted by molar-refractivity contribution is 9.10. The number of aliphatic hydroxyl groups is 2. The van der Waals surface area contributed by atoms with Gasteiger partial charge in [0.25, 0.3) is 0 Å². The first-order valence-electron chi connectivity index (χ1n) is 38.2. The molecule has 10 N–H and O–H groups in total. The largest absolute Gasteiger partial charge is 0.490 e. The van der Waals surface area contributed by atoms with Crippen molar-refractivity contribution in [3.63, 3.8) is 0 Å². The first kappa shape index (κ1) is 96.1. The Balaban J connectivity index is 0.000000278. The number of benzene rings is 6. The summed E-state index contributed by atoms with van der Waals surface area (Å²) in [6.45, 7) is 31.8. The number of aromatic nitrogens is 1. The third kappa shape index (κ3) is 30.6. The molecule has 0 radical (unpaired) electrons. The fourth-order valence-electron chi connectivity index (χ4n) is 11.9. The molecule has 6 aromatic carbocycles. The molecule has 0 saturated carbocycles.